The van der Waals surface area contributed by atoms with Crippen LogP contribution >= 0.6 is 11.6 Å². The summed E-state index contributed by atoms with van der Waals surface area (Å²) in [7, 11) is 0. The molecule has 1 heterocycles. The van der Waals surface area contributed by atoms with Crippen LogP contribution in [-0.2, 0) is 20.9 Å². The summed E-state index contributed by atoms with van der Waals surface area (Å²) in [5.74, 6) is -1.26. The number of carbonyl (C=O) groups excluding carboxylic acids is 3. The van der Waals surface area contributed by atoms with Crippen molar-refractivity contribution in [2.45, 2.75) is 27.3 Å². The van der Waals surface area contributed by atoms with E-state index in [0.29, 0.717) is 22.8 Å². The first-order valence-electron chi connectivity index (χ1n) is 10.3. The molecule has 0 saturated carbocycles. The molecule has 0 atom stereocenters. The van der Waals surface area contributed by atoms with E-state index in [0.717, 1.165) is 22.5 Å². The van der Waals surface area contributed by atoms with Gasteiger partial charge in [0.1, 0.15) is 0 Å². The molecule has 2 aromatic carbocycles. The average Bonchev–Trinajstić information content (AvgIpc) is 3.05. The Labute approximate surface area is 197 Å². The lowest BCUT2D eigenvalue weighted by Crippen LogP contribution is -2.20. The number of esters is 1. The topological polar surface area (TPSA) is 90.3 Å². The van der Waals surface area contributed by atoms with Gasteiger partial charge in [0.05, 0.1) is 12.2 Å². The molecular formula is C25H24ClN3O4. The molecule has 0 bridgehead atoms. The molecule has 0 aliphatic heterocycles. The molecule has 1 N–H and O–H groups in total. The monoisotopic (exact) mass is 465 g/mol. The predicted octanol–water partition coefficient (Wildman–Crippen LogP) is 4.60. The number of amides is 1. The molecule has 0 radical (unpaired) electrons. The molecule has 170 valence electrons. The van der Waals surface area contributed by atoms with Crippen molar-refractivity contribution in [2.75, 3.05) is 11.9 Å². The Morgan fingerprint density at radius 1 is 1.12 bits per heavy atom. The third-order valence-electron chi connectivity index (χ3n) is 5.00. The summed E-state index contributed by atoms with van der Waals surface area (Å²) in [6, 6.07) is 14.1. The number of hydrogen-bond acceptors (Lipinski definition) is 5. The lowest BCUT2D eigenvalue weighted by atomic mass is 10.1. The molecule has 0 fully saturated rings. The zero-order valence-electron chi connectivity index (χ0n) is 18.6. The van der Waals surface area contributed by atoms with Crippen LogP contribution in [0.5, 0.6) is 0 Å². The third-order valence-corrected chi connectivity index (χ3v) is 5.37. The van der Waals surface area contributed by atoms with Gasteiger partial charge in [-0.25, -0.2) is 4.79 Å². The first-order chi connectivity index (χ1) is 15.7. The van der Waals surface area contributed by atoms with E-state index < -0.39 is 18.5 Å². The highest BCUT2D eigenvalue weighted by Gasteiger charge is 2.12. The quantitative estimate of drug-likeness (QED) is 0.298. The predicted molar refractivity (Wildman–Crippen MR) is 127 cm³/mol. The molecule has 1 aromatic heterocycles. The Bertz CT molecular complexity index is 1230. The van der Waals surface area contributed by atoms with Crippen molar-refractivity contribution >= 4 is 41.0 Å². The van der Waals surface area contributed by atoms with Crippen molar-refractivity contribution in [1.29, 1.82) is 0 Å². The Kier molecular flexibility index (Phi) is 7.79. The minimum Gasteiger partial charge on any atom is -0.452 e. The van der Waals surface area contributed by atoms with Gasteiger partial charge in [-0.3, -0.25) is 14.3 Å². The van der Waals surface area contributed by atoms with Gasteiger partial charge in [0.25, 0.3) is 5.91 Å². The number of ether oxygens (including phenoxy) is 1. The third kappa shape index (κ3) is 6.40. The maximum atomic E-state index is 12.1. The van der Waals surface area contributed by atoms with Crippen molar-refractivity contribution in [3.63, 3.8) is 0 Å². The first-order valence-corrected chi connectivity index (χ1v) is 10.7. The molecule has 0 saturated heterocycles. The van der Waals surface area contributed by atoms with Gasteiger partial charge in [0.2, 0.25) is 0 Å². The van der Waals surface area contributed by atoms with Crippen LogP contribution in [0.3, 0.4) is 0 Å². The van der Waals surface area contributed by atoms with E-state index in [1.165, 1.54) is 13.0 Å². The summed E-state index contributed by atoms with van der Waals surface area (Å²) in [4.78, 5) is 35.6. The summed E-state index contributed by atoms with van der Waals surface area (Å²) < 4.78 is 6.85. The number of halogens is 1. The summed E-state index contributed by atoms with van der Waals surface area (Å²) in [6.07, 6.45) is 2.89. The van der Waals surface area contributed by atoms with Gasteiger partial charge in [0, 0.05) is 33.6 Å². The molecular weight excluding hydrogens is 442 g/mol. The number of nitrogens with zero attached hydrogens (tertiary/aromatic N) is 2. The lowest BCUT2D eigenvalue weighted by Gasteiger charge is -2.07. The fourth-order valence-corrected chi connectivity index (χ4v) is 3.44. The number of ketones is 1. The Morgan fingerprint density at radius 3 is 2.61 bits per heavy atom. The van der Waals surface area contributed by atoms with Crippen LogP contribution in [0.15, 0.2) is 54.6 Å². The zero-order chi connectivity index (χ0) is 24.0. The van der Waals surface area contributed by atoms with Crippen LogP contribution in [-0.4, -0.2) is 34.0 Å². The molecule has 8 heteroatoms. The second-order valence-corrected chi connectivity index (χ2v) is 7.87. The second-order valence-electron chi connectivity index (χ2n) is 7.46. The van der Waals surface area contributed by atoms with E-state index in [1.807, 2.05) is 42.8 Å². The number of aryl methyl sites for hydroxylation is 1. The highest BCUT2D eigenvalue weighted by molar-refractivity contribution is 6.31. The number of Topliss-reactive ketones (excluding diaryl/α,β-unsaturated/α-hetero) is 1. The van der Waals surface area contributed by atoms with Crippen LogP contribution in [0.25, 0.3) is 6.08 Å². The summed E-state index contributed by atoms with van der Waals surface area (Å²) in [5, 5.41) is 7.79. The highest BCUT2D eigenvalue weighted by Crippen LogP contribution is 2.20. The van der Waals surface area contributed by atoms with Crippen molar-refractivity contribution in [2.24, 2.45) is 0 Å². The van der Waals surface area contributed by atoms with Crippen LogP contribution < -0.4 is 5.32 Å². The summed E-state index contributed by atoms with van der Waals surface area (Å²) in [5.41, 5.74) is 4.31. The van der Waals surface area contributed by atoms with Gasteiger partial charge in [-0.2, -0.15) is 5.10 Å². The van der Waals surface area contributed by atoms with Gasteiger partial charge in [-0.15, -0.1) is 0 Å². The van der Waals surface area contributed by atoms with Crippen molar-refractivity contribution in [3.8, 4) is 0 Å². The van der Waals surface area contributed by atoms with Gasteiger partial charge in [-0.1, -0.05) is 41.9 Å². The molecule has 3 aromatic rings. The van der Waals surface area contributed by atoms with Crippen LogP contribution in [0.4, 0.5) is 5.69 Å². The number of hydrogen-bond donors (Lipinski definition) is 1. The number of anilines is 1. The number of rotatable bonds is 8. The SMILES string of the molecule is CC(=O)c1cccc(NC(=O)COC(=O)/C=C/c2c(C)nn(Cc3ccccc3Cl)c2C)c1. The van der Waals surface area contributed by atoms with E-state index >= 15 is 0 Å². The maximum absolute atomic E-state index is 12.1. The smallest absolute Gasteiger partial charge is 0.331 e. The maximum Gasteiger partial charge on any atom is 0.331 e. The molecule has 0 aliphatic rings. The van der Waals surface area contributed by atoms with E-state index in [4.69, 9.17) is 16.3 Å². The fourth-order valence-electron chi connectivity index (χ4n) is 3.24. The molecule has 7 nitrogen and oxygen atoms in total. The standard InChI is InChI=1S/C25H24ClN3O4/c1-16-22(17(2)29(28-16)14-20-7-4-5-10-23(20)26)11-12-25(32)33-15-24(31)27-21-9-6-8-19(13-21)18(3)30/h4-13H,14-15H2,1-3H3,(H,27,31)/b12-11+. The summed E-state index contributed by atoms with van der Waals surface area (Å²) >= 11 is 6.24. The van der Waals surface area contributed by atoms with E-state index in [-0.39, 0.29) is 5.78 Å². The van der Waals surface area contributed by atoms with Gasteiger partial charge < -0.3 is 10.1 Å². The number of nitrogens with one attached hydrogen (secondary N) is 1. The molecule has 1 amide bonds. The minimum atomic E-state index is -0.653. The zero-order valence-corrected chi connectivity index (χ0v) is 19.3. The van der Waals surface area contributed by atoms with E-state index in [1.54, 1.807) is 30.3 Å². The van der Waals surface area contributed by atoms with Crippen molar-refractivity contribution in [1.82, 2.24) is 9.78 Å². The summed E-state index contributed by atoms with van der Waals surface area (Å²) in [6.45, 7) is 5.26. The largest absolute Gasteiger partial charge is 0.452 e. The molecule has 33 heavy (non-hydrogen) atoms. The molecule has 0 spiro atoms. The Hall–Kier alpha value is -3.71. The van der Waals surface area contributed by atoms with Gasteiger partial charge >= 0.3 is 5.97 Å². The van der Waals surface area contributed by atoms with Gasteiger partial charge in [0.15, 0.2) is 12.4 Å². The highest BCUT2D eigenvalue weighted by atomic mass is 35.5. The Balaban J connectivity index is 1.58. The fraction of sp³-hybridized carbons (Fsp3) is 0.200. The van der Waals surface area contributed by atoms with E-state index in [2.05, 4.69) is 10.4 Å². The minimum absolute atomic E-state index is 0.108. The number of benzene rings is 2. The average molecular weight is 466 g/mol. The molecule has 0 aliphatic carbocycles. The van der Waals surface area contributed by atoms with Crippen LogP contribution in [0, 0.1) is 13.8 Å². The lowest BCUT2D eigenvalue weighted by molar-refractivity contribution is -0.142. The van der Waals surface area contributed by atoms with Crippen LogP contribution in [0.1, 0.15) is 39.8 Å². The van der Waals surface area contributed by atoms with Crippen LogP contribution in [0.2, 0.25) is 5.02 Å². The van der Waals surface area contributed by atoms with Crippen molar-refractivity contribution < 1.29 is 19.1 Å². The number of carbonyl (C=O) groups is 3. The Morgan fingerprint density at radius 2 is 1.88 bits per heavy atom. The van der Waals surface area contributed by atoms with Gasteiger partial charge in [-0.05, 0) is 50.6 Å². The first kappa shape index (κ1) is 23.9. The van der Waals surface area contributed by atoms with Crippen molar-refractivity contribution in [3.05, 3.63) is 87.7 Å². The molecule has 3 rings (SSSR count). The normalized spacial score (nSPS) is 10.9. The number of aromatic nitrogens is 2. The second kappa shape index (κ2) is 10.7. The van der Waals surface area contributed by atoms with E-state index in [9.17, 15) is 14.4 Å². The molecule has 0 unspecified atom stereocenters.